The fourth-order valence-corrected chi connectivity index (χ4v) is 5.89. The van der Waals surface area contributed by atoms with Crippen molar-refractivity contribution >= 4 is 58.1 Å². The lowest BCUT2D eigenvalue weighted by Gasteiger charge is -2.33. The van der Waals surface area contributed by atoms with Crippen LogP contribution < -0.4 is 19.9 Å². The molecular formula is C25H20ClN3O4S. The molecule has 0 aliphatic carbocycles. The van der Waals surface area contributed by atoms with Gasteiger partial charge in [0.05, 0.1) is 18.6 Å². The second-order valence-electron chi connectivity index (χ2n) is 7.83. The standard InChI is InChI=1S/C25H20ClN3O4S/c1-33-19-11-9-17(10-12-19)27-22(30)14-28-21-8-3-2-7-20(21)25(24(28)32)29(23(31)15-34-25)18-6-4-5-16(26)13-18/h2-13H,14-15H2,1H3,(H,27,30). The number of anilines is 3. The van der Waals surface area contributed by atoms with E-state index >= 15 is 0 Å². The SMILES string of the molecule is COc1ccc(NC(=O)CN2C(=O)C3(SCC(=O)N3c3cccc(Cl)c3)c3ccccc32)cc1. The van der Waals surface area contributed by atoms with E-state index in [1.54, 1.807) is 61.7 Å². The lowest BCUT2D eigenvalue weighted by molar-refractivity contribution is -0.124. The summed E-state index contributed by atoms with van der Waals surface area (Å²) in [6.45, 7) is -0.193. The van der Waals surface area contributed by atoms with Crippen molar-refractivity contribution in [3.05, 3.63) is 83.4 Å². The van der Waals surface area contributed by atoms with E-state index in [0.29, 0.717) is 33.4 Å². The molecule has 34 heavy (non-hydrogen) atoms. The molecule has 0 radical (unpaired) electrons. The molecule has 0 aromatic heterocycles. The Hall–Kier alpha value is -3.49. The molecule has 0 bridgehead atoms. The summed E-state index contributed by atoms with van der Waals surface area (Å²) in [5.41, 5.74) is 2.40. The van der Waals surface area contributed by atoms with Gasteiger partial charge in [-0.15, -0.1) is 11.8 Å². The van der Waals surface area contributed by atoms with E-state index < -0.39 is 4.87 Å². The van der Waals surface area contributed by atoms with E-state index in [9.17, 15) is 14.4 Å². The number of methoxy groups -OCH3 is 1. The molecular weight excluding hydrogens is 474 g/mol. The summed E-state index contributed by atoms with van der Waals surface area (Å²) in [4.78, 5) is 41.5. The number of nitrogens with one attached hydrogen (secondary N) is 1. The van der Waals surface area contributed by atoms with Crippen LogP contribution >= 0.6 is 23.4 Å². The third-order valence-corrected chi connectivity index (χ3v) is 7.43. The molecule has 2 heterocycles. The van der Waals surface area contributed by atoms with Gasteiger partial charge in [0.25, 0.3) is 5.91 Å². The minimum atomic E-state index is -1.29. The summed E-state index contributed by atoms with van der Waals surface area (Å²) in [6.07, 6.45) is 0. The summed E-state index contributed by atoms with van der Waals surface area (Å²) in [5, 5.41) is 3.28. The summed E-state index contributed by atoms with van der Waals surface area (Å²) in [6, 6.07) is 21.1. The summed E-state index contributed by atoms with van der Waals surface area (Å²) in [5.74, 6) is -0.0747. The number of benzene rings is 3. The van der Waals surface area contributed by atoms with Crippen LogP contribution in [0, 0.1) is 0 Å². The molecule has 1 fully saturated rings. The average molecular weight is 494 g/mol. The number of carbonyl (C=O) groups is 3. The molecule has 172 valence electrons. The average Bonchev–Trinajstić information content (AvgIpc) is 3.30. The topological polar surface area (TPSA) is 79.0 Å². The molecule has 0 saturated carbocycles. The van der Waals surface area contributed by atoms with Crippen molar-refractivity contribution in [1.82, 2.24) is 0 Å². The van der Waals surface area contributed by atoms with E-state index in [1.165, 1.54) is 21.6 Å². The normalized spacial score (nSPS) is 19.0. The van der Waals surface area contributed by atoms with Crippen LogP contribution in [0.25, 0.3) is 0 Å². The van der Waals surface area contributed by atoms with Gasteiger partial charge < -0.3 is 10.1 Å². The maximum Gasteiger partial charge on any atom is 0.269 e. The smallest absolute Gasteiger partial charge is 0.269 e. The van der Waals surface area contributed by atoms with Crippen molar-refractivity contribution < 1.29 is 19.1 Å². The van der Waals surface area contributed by atoms with E-state index in [2.05, 4.69) is 5.32 Å². The predicted octanol–water partition coefficient (Wildman–Crippen LogP) is 4.27. The number of rotatable bonds is 5. The monoisotopic (exact) mass is 493 g/mol. The van der Waals surface area contributed by atoms with Crippen LogP contribution in [0.5, 0.6) is 5.75 Å². The zero-order valence-corrected chi connectivity index (χ0v) is 19.7. The molecule has 1 N–H and O–H groups in total. The van der Waals surface area contributed by atoms with Crippen LogP contribution in [0.4, 0.5) is 17.1 Å². The van der Waals surface area contributed by atoms with Crippen molar-refractivity contribution in [1.29, 1.82) is 0 Å². The number of amides is 3. The van der Waals surface area contributed by atoms with Crippen LogP contribution in [-0.2, 0) is 19.3 Å². The minimum absolute atomic E-state index is 0.137. The Morgan fingerprint density at radius 3 is 2.59 bits per heavy atom. The van der Waals surface area contributed by atoms with E-state index in [-0.39, 0.29) is 30.0 Å². The van der Waals surface area contributed by atoms with Crippen LogP contribution in [-0.4, -0.2) is 37.1 Å². The number of hydrogen-bond acceptors (Lipinski definition) is 5. The first-order valence-electron chi connectivity index (χ1n) is 10.5. The zero-order valence-electron chi connectivity index (χ0n) is 18.2. The van der Waals surface area contributed by atoms with Crippen molar-refractivity contribution in [3.63, 3.8) is 0 Å². The first-order valence-corrected chi connectivity index (χ1v) is 11.9. The van der Waals surface area contributed by atoms with Crippen LogP contribution in [0.1, 0.15) is 5.56 Å². The molecule has 1 spiro atoms. The third-order valence-electron chi connectivity index (χ3n) is 5.81. The largest absolute Gasteiger partial charge is 0.497 e. The van der Waals surface area contributed by atoms with Gasteiger partial charge in [0, 0.05) is 22.0 Å². The second kappa shape index (κ2) is 8.70. The highest BCUT2D eigenvalue weighted by Gasteiger charge is 2.61. The Morgan fingerprint density at radius 2 is 1.85 bits per heavy atom. The molecule has 1 saturated heterocycles. The van der Waals surface area contributed by atoms with Crippen LogP contribution in [0.2, 0.25) is 5.02 Å². The van der Waals surface area contributed by atoms with Gasteiger partial charge in [-0.05, 0) is 48.5 Å². The summed E-state index contributed by atoms with van der Waals surface area (Å²) in [7, 11) is 1.57. The van der Waals surface area contributed by atoms with E-state index in [0.717, 1.165) is 0 Å². The van der Waals surface area contributed by atoms with Crippen molar-refractivity contribution in [2.45, 2.75) is 4.87 Å². The van der Waals surface area contributed by atoms with Gasteiger partial charge in [0.15, 0.2) is 0 Å². The fraction of sp³-hybridized carbons (Fsp3) is 0.160. The maximum absolute atomic E-state index is 14.0. The van der Waals surface area contributed by atoms with E-state index in [4.69, 9.17) is 16.3 Å². The molecule has 2 aliphatic rings. The molecule has 3 aromatic carbocycles. The van der Waals surface area contributed by atoms with Gasteiger partial charge in [0.2, 0.25) is 16.7 Å². The number of carbonyl (C=O) groups excluding carboxylic acids is 3. The van der Waals surface area contributed by atoms with Gasteiger partial charge in [0.1, 0.15) is 12.3 Å². The fourth-order valence-electron chi connectivity index (χ4n) is 4.35. The van der Waals surface area contributed by atoms with Gasteiger partial charge >= 0.3 is 0 Å². The Kier molecular flexibility index (Phi) is 5.71. The highest BCUT2D eigenvalue weighted by molar-refractivity contribution is 8.02. The molecule has 1 atom stereocenters. The van der Waals surface area contributed by atoms with Crippen LogP contribution in [0.15, 0.2) is 72.8 Å². The molecule has 3 aromatic rings. The first kappa shape index (κ1) is 22.3. The Morgan fingerprint density at radius 1 is 1.09 bits per heavy atom. The number of ether oxygens (including phenoxy) is 1. The Labute approximate surface area is 205 Å². The Bertz CT molecular complexity index is 1300. The van der Waals surface area contributed by atoms with Gasteiger partial charge in [-0.25, -0.2) is 0 Å². The van der Waals surface area contributed by atoms with Gasteiger partial charge in [-0.1, -0.05) is 35.9 Å². The maximum atomic E-state index is 14.0. The molecule has 1 unspecified atom stereocenters. The van der Waals surface area contributed by atoms with Gasteiger partial charge in [-0.3, -0.25) is 24.2 Å². The lowest BCUT2D eigenvalue weighted by atomic mass is 10.0. The Balaban J connectivity index is 1.48. The number of para-hydroxylation sites is 1. The molecule has 2 aliphatic heterocycles. The van der Waals surface area contributed by atoms with Crippen LogP contribution in [0.3, 0.4) is 0 Å². The highest BCUT2D eigenvalue weighted by atomic mass is 35.5. The number of thioether (sulfide) groups is 1. The molecule has 7 nitrogen and oxygen atoms in total. The van der Waals surface area contributed by atoms with E-state index in [1.807, 2.05) is 18.2 Å². The predicted molar refractivity (Wildman–Crippen MR) is 133 cm³/mol. The number of halogens is 1. The molecule has 3 amide bonds. The number of hydrogen-bond donors (Lipinski definition) is 1. The quantitative estimate of drug-likeness (QED) is 0.574. The molecule has 5 rings (SSSR count). The third kappa shape index (κ3) is 3.59. The van der Waals surface area contributed by atoms with Crippen molar-refractivity contribution in [2.75, 3.05) is 34.5 Å². The molecule has 9 heteroatoms. The number of nitrogens with zero attached hydrogens (tertiary/aromatic N) is 2. The summed E-state index contributed by atoms with van der Waals surface area (Å²) < 4.78 is 5.14. The minimum Gasteiger partial charge on any atom is -0.497 e. The highest BCUT2D eigenvalue weighted by Crippen LogP contribution is 2.55. The van der Waals surface area contributed by atoms with Gasteiger partial charge in [-0.2, -0.15) is 0 Å². The number of fused-ring (bicyclic) bond motifs is 2. The second-order valence-corrected chi connectivity index (χ2v) is 9.43. The van der Waals surface area contributed by atoms with Crippen molar-refractivity contribution in [3.8, 4) is 5.75 Å². The summed E-state index contributed by atoms with van der Waals surface area (Å²) >= 11 is 7.45. The zero-order chi connectivity index (χ0) is 23.9. The first-order chi connectivity index (χ1) is 16.4. The van der Waals surface area contributed by atoms with Crippen molar-refractivity contribution in [2.24, 2.45) is 0 Å². The lowest BCUT2D eigenvalue weighted by Crippen LogP contribution is -2.50.